The first kappa shape index (κ1) is 13.5. The predicted molar refractivity (Wildman–Crippen MR) is 76.3 cm³/mol. The quantitative estimate of drug-likeness (QED) is 0.519. The van der Waals surface area contributed by atoms with E-state index in [9.17, 15) is 0 Å². The van der Waals surface area contributed by atoms with Gasteiger partial charge in [-0.3, -0.25) is 0 Å². The third-order valence-electron chi connectivity index (χ3n) is 2.92. The minimum Gasteiger partial charge on any atom is -0.489 e. The van der Waals surface area contributed by atoms with Gasteiger partial charge in [-0.15, -0.1) is 11.6 Å². The van der Waals surface area contributed by atoms with Gasteiger partial charge in [0.2, 0.25) is 0 Å². The van der Waals surface area contributed by atoms with Crippen molar-refractivity contribution in [2.24, 2.45) is 10.7 Å². The van der Waals surface area contributed by atoms with E-state index in [1.165, 1.54) is 12.8 Å². The number of nitrogens with two attached hydrogens (primary N) is 1. The summed E-state index contributed by atoms with van der Waals surface area (Å²) in [5, 5.41) is 0.561. The molecular weight excluding hydrogens is 271 g/mol. The van der Waals surface area contributed by atoms with E-state index in [4.69, 9.17) is 33.7 Å². The molecule has 2 rings (SSSR count). The van der Waals surface area contributed by atoms with Crippen LogP contribution in [0.15, 0.2) is 23.2 Å². The molecule has 0 saturated heterocycles. The predicted octanol–water partition coefficient (Wildman–Crippen LogP) is 3.89. The van der Waals surface area contributed by atoms with Gasteiger partial charge in [0.1, 0.15) is 11.6 Å². The van der Waals surface area contributed by atoms with Gasteiger partial charge in [0, 0.05) is 0 Å². The molecule has 0 aliphatic heterocycles. The number of hydrogen-bond donors (Lipinski definition) is 1. The van der Waals surface area contributed by atoms with E-state index in [2.05, 4.69) is 4.99 Å². The molecule has 1 aliphatic carbocycles. The fraction of sp³-hybridized carbons (Fsp3) is 0.462. The van der Waals surface area contributed by atoms with Crippen molar-refractivity contribution >= 4 is 34.7 Å². The van der Waals surface area contributed by atoms with Gasteiger partial charge in [-0.2, -0.15) is 0 Å². The van der Waals surface area contributed by atoms with E-state index >= 15 is 0 Å². The number of rotatable bonds is 4. The molecular formula is C13H16Cl2N2O. The van der Waals surface area contributed by atoms with Crippen LogP contribution < -0.4 is 10.5 Å². The molecule has 98 valence electrons. The Hall–Kier alpha value is -0.930. The van der Waals surface area contributed by atoms with Crippen LogP contribution in [-0.4, -0.2) is 17.8 Å². The summed E-state index contributed by atoms with van der Waals surface area (Å²) < 4.78 is 5.85. The van der Waals surface area contributed by atoms with E-state index in [-0.39, 0.29) is 5.88 Å². The first-order valence-corrected chi connectivity index (χ1v) is 6.95. The number of ether oxygens (including phenoxy) is 1. The van der Waals surface area contributed by atoms with Crippen molar-refractivity contribution in [3.8, 4) is 5.75 Å². The number of nitrogens with zero attached hydrogens (tertiary/aromatic N) is 1. The van der Waals surface area contributed by atoms with Crippen LogP contribution in [0.3, 0.4) is 0 Å². The molecule has 0 heterocycles. The highest BCUT2D eigenvalue weighted by Gasteiger charge is 2.17. The highest BCUT2D eigenvalue weighted by Crippen LogP contribution is 2.32. The van der Waals surface area contributed by atoms with Crippen LogP contribution in [0.5, 0.6) is 5.75 Å². The third-order valence-corrected chi connectivity index (χ3v) is 3.49. The normalized spacial score (nSPS) is 17.1. The van der Waals surface area contributed by atoms with E-state index in [1.807, 2.05) is 12.1 Å². The van der Waals surface area contributed by atoms with Gasteiger partial charge in [0.05, 0.1) is 22.7 Å². The Morgan fingerprint density at radius 1 is 1.39 bits per heavy atom. The number of benzene rings is 1. The Labute approximate surface area is 117 Å². The average Bonchev–Trinajstić information content (AvgIpc) is 2.85. The minimum absolute atomic E-state index is 0.206. The summed E-state index contributed by atoms with van der Waals surface area (Å²) in [7, 11) is 0. The molecule has 1 fully saturated rings. The van der Waals surface area contributed by atoms with E-state index in [1.54, 1.807) is 6.07 Å². The van der Waals surface area contributed by atoms with Crippen LogP contribution in [0.4, 0.5) is 5.69 Å². The van der Waals surface area contributed by atoms with Crippen LogP contribution in [0.1, 0.15) is 25.7 Å². The van der Waals surface area contributed by atoms with Gasteiger partial charge >= 0.3 is 0 Å². The summed E-state index contributed by atoms with van der Waals surface area (Å²) in [4.78, 5) is 4.13. The molecule has 1 aliphatic rings. The summed E-state index contributed by atoms with van der Waals surface area (Å²) in [6.45, 7) is 0. The monoisotopic (exact) mass is 286 g/mol. The van der Waals surface area contributed by atoms with Crippen LogP contribution in [0, 0.1) is 0 Å². The SMILES string of the molecule is NC(CCl)=Nc1ccc(OC2CCCC2)c(Cl)c1. The maximum Gasteiger partial charge on any atom is 0.138 e. The maximum atomic E-state index is 6.17. The molecule has 0 amide bonds. The van der Waals surface area contributed by atoms with Gasteiger partial charge in [0.15, 0.2) is 0 Å². The standard InChI is InChI=1S/C13H16Cl2N2O/c14-8-13(16)17-9-5-6-12(11(15)7-9)18-10-3-1-2-4-10/h5-7,10H,1-4,8H2,(H2,16,17). The molecule has 3 nitrogen and oxygen atoms in total. The van der Waals surface area contributed by atoms with Crippen molar-refractivity contribution < 1.29 is 4.74 Å². The zero-order chi connectivity index (χ0) is 13.0. The highest BCUT2D eigenvalue weighted by atomic mass is 35.5. The van der Waals surface area contributed by atoms with Crippen LogP contribution >= 0.6 is 23.2 Å². The number of alkyl halides is 1. The summed E-state index contributed by atoms with van der Waals surface area (Å²) >= 11 is 11.7. The van der Waals surface area contributed by atoms with Gasteiger partial charge in [0.25, 0.3) is 0 Å². The molecule has 1 aromatic rings. The van der Waals surface area contributed by atoms with Gasteiger partial charge in [-0.25, -0.2) is 4.99 Å². The molecule has 5 heteroatoms. The second kappa shape index (κ2) is 6.30. The smallest absolute Gasteiger partial charge is 0.138 e. The van der Waals surface area contributed by atoms with Crippen molar-refractivity contribution in [3.63, 3.8) is 0 Å². The summed E-state index contributed by atoms with van der Waals surface area (Å²) in [6.07, 6.45) is 4.98. The molecule has 0 bridgehead atoms. The lowest BCUT2D eigenvalue weighted by Gasteiger charge is -2.14. The largest absolute Gasteiger partial charge is 0.489 e. The average molecular weight is 287 g/mol. The van der Waals surface area contributed by atoms with E-state index in [0.29, 0.717) is 28.4 Å². The van der Waals surface area contributed by atoms with Crippen molar-refractivity contribution in [2.45, 2.75) is 31.8 Å². The zero-order valence-electron chi connectivity index (χ0n) is 10.0. The first-order valence-electron chi connectivity index (χ1n) is 6.04. The number of aliphatic imine (C=N–C) groups is 1. The molecule has 0 unspecified atom stereocenters. The minimum atomic E-state index is 0.206. The van der Waals surface area contributed by atoms with Crippen molar-refractivity contribution in [1.82, 2.24) is 0 Å². The van der Waals surface area contributed by atoms with Crippen molar-refractivity contribution in [2.75, 3.05) is 5.88 Å². The van der Waals surface area contributed by atoms with Gasteiger partial charge in [-0.05, 0) is 43.9 Å². The summed E-state index contributed by atoms with van der Waals surface area (Å²) in [5.74, 6) is 1.29. The Morgan fingerprint density at radius 3 is 2.72 bits per heavy atom. The lowest BCUT2D eigenvalue weighted by Crippen LogP contribution is -2.12. The summed E-state index contributed by atoms with van der Waals surface area (Å²) in [5.41, 5.74) is 6.26. The third kappa shape index (κ3) is 3.53. The van der Waals surface area contributed by atoms with Crippen molar-refractivity contribution in [3.05, 3.63) is 23.2 Å². The molecule has 0 radical (unpaired) electrons. The van der Waals surface area contributed by atoms with E-state index < -0.39 is 0 Å². The fourth-order valence-electron chi connectivity index (χ4n) is 2.04. The van der Waals surface area contributed by atoms with Crippen LogP contribution in [-0.2, 0) is 0 Å². The molecule has 0 aromatic heterocycles. The molecule has 1 saturated carbocycles. The molecule has 18 heavy (non-hydrogen) atoms. The topological polar surface area (TPSA) is 47.6 Å². The Morgan fingerprint density at radius 2 is 2.11 bits per heavy atom. The van der Waals surface area contributed by atoms with E-state index in [0.717, 1.165) is 12.8 Å². The van der Waals surface area contributed by atoms with Crippen LogP contribution in [0.2, 0.25) is 5.02 Å². The molecule has 0 atom stereocenters. The van der Waals surface area contributed by atoms with Crippen molar-refractivity contribution in [1.29, 1.82) is 0 Å². The lowest BCUT2D eigenvalue weighted by molar-refractivity contribution is 0.210. The Balaban J connectivity index is 2.09. The second-order valence-electron chi connectivity index (χ2n) is 4.38. The fourth-order valence-corrected chi connectivity index (χ4v) is 2.32. The Kier molecular flexibility index (Phi) is 4.72. The molecule has 1 aromatic carbocycles. The zero-order valence-corrected chi connectivity index (χ0v) is 11.5. The summed E-state index contributed by atoms with van der Waals surface area (Å²) in [6, 6.07) is 5.40. The maximum absolute atomic E-state index is 6.17. The molecule has 0 spiro atoms. The first-order chi connectivity index (χ1) is 8.69. The molecule has 2 N–H and O–H groups in total. The number of hydrogen-bond acceptors (Lipinski definition) is 2. The number of halogens is 2. The lowest BCUT2D eigenvalue weighted by atomic mass is 10.2. The Bertz CT molecular complexity index is 443. The number of amidine groups is 1. The van der Waals surface area contributed by atoms with Gasteiger partial charge < -0.3 is 10.5 Å². The second-order valence-corrected chi connectivity index (χ2v) is 5.05. The van der Waals surface area contributed by atoms with Crippen LogP contribution in [0.25, 0.3) is 0 Å². The van der Waals surface area contributed by atoms with Gasteiger partial charge in [-0.1, -0.05) is 11.6 Å². The highest BCUT2D eigenvalue weighted by molar-refractivity contribution is 6.32.